The van der Waals surface area contributed by atoms with Gasteiger partial charge in [-0.1, -0.05) is 42.5 Å². The lowest BCUT2D eigenvalue weighted by molar-refractivity contribution is -0.136. The van der Waals surface area contributed by atoms with Crippen LogP contribution >= 0.6 is 22.7 Å². The minimum atomic E-state index is -1.02. The number of carbonyl (C=O) groups is 2. The van der Waals surface area contributed by atoms with Gasteiger partial charge in [-0.3, -0.25) is 14.8 Å². The summed E-state index contributed by atoms with van der Waals surface area (Å²) in [7, 11) is 1.78. The molecular weight excluding hydrogens is 562 g/mol. The lowest BCUT2D eigenvalue weighted by Gasteiger charge is -2.14. The summed E-state index contributed by atoms with van der Waals surface area (Å²) in [5, 5.41) is 23.9. The Morgan fingerprint density at radius 2 is 1.68 bits per heavy atom. The summed E-state index contributed by atoms with van der Waals surface area (Å²) in [5.41, 5.74) is 3.48. The molecule has 0 aliphatic rings. The number of aromatic nitrogens is 4. The Kier molecular flexibility index (Phi) is 7.08. The first-order valence-corrected chi connectivity index (χ1v) is 14.2. The van der Waals surface area contributed by atoms with Crippen LogP contribution in [0.25, 0.3) is 41.7 Å². The predicted octanol–water partition coefficient (Wildman–Crippen LogP) is 7.02. The maximum absolute atomic E-state index is 12.7. The molecule has 6 rings (SSSR count). The smallest absolute Gasteiger partial charge is 0.413 e. The van der Waals surface area contributed by atoms with Gasteiger partial charge in [0.15, 0.2) is 0 Å². The highest BCUT2D eigenvalue weighted by atomic mass is 32.1. The molecule has 12 heteroatoms. The van der Waals surface area contributed by atoms with Crippen molar-refractivity contribution in [1.29, 1.82) is 0 Å². The van der Waals surface area contributed by atoms with Gasteiger partial charge in [0.1, 0.15) is 18.3 Å². The fraction of sp³-hybridized carbons (Fsp3) is 0.138. The number of carboxylic acids is 1. The van der Waals surface area contributed by atoms with Gasteiger partial charge < -0.3 is 14.3 Å². The number of carboxylic acid groups (broad SMARTS) is 1. The van der Waals surface area contributed by atoms with E-state index in [9.17, 15) is 9.59 Å². The van der Waals surface area contributed by atoms with E-state index in [2.05, 4.69) is 32.7 Å². The Morgan fingerprint density at radius 1 is 1.00 bits per heavy atom. The van der Waals surface area contributed by atoms with Gasteiger partial charge in [-0.2, -0.15) is 5.10 Å². The zero-order valence-electron chi connectivity index (χ0n) is 21.9. The Balaban J connectivity index is 1.17. The van der Waals surface area contributed by atoms with E-state index in [4.69, 9.17) is 14.3 Å². The number of thiophene rings is 2. The number of anilines is 1. The van der Waals surface area contributed by atoms with E-state index in [1.54, 1.807) is 40.6 Å². The fourth-order valence-electron chi connectivity index (χ4n) is 4.30. The quantitative estimate of drug-likeness (QED) is 0.195. The number of hydrogen-bond donors (Lipinski definition) is 2. The van der Waals surface area contributed by atoms with Crippen molar-refractivity contribution in [2.24, 2.45) is 7.05 Å². The molecule has 2 N–H and O–H groups in total. The molecule has 0 unspecified atom stereocenters. The maximum atomic E-state index is 12.7. The summed E-state index contributed by atoms with van der Waals surface area (Å²) in [6, 6.07) is 21.5. The average molecular weight is 586 g/mol. The van der Waals surface area contributed by atoms with Crippen LogP contribution in [0.15, 0.2) is 77.3 Å². The number of nitrogens with zero attached hydrogens (tertiary/aromatic N) is 4. The number of aryl methyl sites for hydroxylation is 1. The average Bonchev–Trinajstić information content (AvgIpc) is 3.74. The molecule has 6 aromatic rings. The topological polar surface area (TPSA) is 132 Å². The van der Waals surface area contributed by atoms with Gasteiger partial charge in [0, 0.05) is 31.8 Å². The molecule has 206 valence electrons. The summed E-state index contributed by atoms with van der Waals surface area (Å²) in [5.74, 6) is -0.115. The van der Waals surface area contributed by atoms with Crippen molar-refractivity contribution in [3.8, 4) is 32.3 Å². The predicted molar refractivity (Wildman–Crippen MR) is 157 cm³/mol. The number of benzene rings is 2. The van der Waals surface area contributed by atoms with Crippen LogP contribution in [0.3, 0.4) is 0 Å². The molecule has 0 saturated carbocycles. The highest BCUT2D eigenvalue weighted by Gasteiger charge is 2.20. The Labute approximate surface area is 241 Å². The molecule has 1 atom stereocenters. The zero-order chi connectivity index (χ0) is 28.5. The lowest BCUT2D eigenvalue weighted by atomic mass is 10.1. The first-order chi connectivity index (χ1) is 19.8. The van der Waals surface area contributed by atoms with Crippen LogP contribution in [0.1, 0.15) is 24.5 Å². The van der Waals surface area contributed by atoms with E-state index in [1.165, 1.54) is 0 Å². The van der Waals surface area contributed by atoms with Crippen molar-refractivity contribution in [3.63, 3.8) is 0 Å². The van der Waals surface area contributed by atoms with E-state index < -0.39 is 18.2 Å². The Morgan fingerprint density at radius 3 is 2.41 bits per heavy atom. The van der Waals surface area contributed by atoms with E-state index in [0.717, 1.165) is 35.8 Å². The third-order valence-electron chi connectivity index (χ3n) is 6.37. The number of carbonyl (C=O) groups excluding carboxylic acids is 1. The molecule has 4 aromatic heterocycles. The molecule has 10 nitrogen and oxygen atoms in total. The molecule has 0 aliphatic heterocycles. The summed E-state index contributed by atoms with van der Waals surface area (Å²) >= 11 is 3.29. The van der Waals surface area contributed by atoms with Crippen LogP contribution < -0.4 is 5.32 Å². The van der Waals surface area contributed by atoms with Gasteiger partial charge >= 0.3 is 12.1 Å². The Hall–Kier alpha value is -4.81. The molecule has 0 fully saturated rings. The molecule has 0 radical (unpaired) electrons. The van der Waals surface area contributed by atoms with Crippen molar-refractivity contribution in [2.75, 3.05) is 5.32 Å². The second-order valence-electron chi connectivity index (χ2n) is 9.21. The lowest BCUT2D eigenvalue weighted by Crippen LogP contribution is -2.18. The largest absolute Gasteiger partial charge is 0.481 e. The Bertz CT molecular complexity index is 1820. The van der Waals surface area contributed by atoms with E-state index in [0.29, 0.717) is 11.4 Å². The third kappa shape index (κ3) is 5.60. The van der Waals surface area contributed by atoms with E-state index in [1.807, 2.05) is 61.5 Å². The molecule has 2 aromatic carbocycles. The molecule has 4 heterocycles. The SMILES string of the molecule is C[C@@H](OC(=O)Nc1c(-c2cc3sc(-c4ccc(-c5nnc(CC(=O)O)o5)cc4)cc3s2)cnn1C)c1ccccc1. The summed E-state index contributed by atoms with van der Waals surface area (Å²) in [6.45, 7) is 1.83. The van der Waals surface area contributed by atoms with Crippen molar-refractivity contribution in [3.05, 3.63) is 84.4 Å². The van der Waals surface area contributed by atoms with Crippen LogP contribution in [-0.2, 0) is 23.0 Å². The molecule has 41 heavy (non-hydrogen) atoms. The highest BCUT2D eigenvalue weighted by molar-refractivity contribution is 7.31. The van der Waals surface area contributed by atoms with Crippen LogP contribution in [0, 0.1) is 0 Å². The minimum absolute atomic E-state index is 0.0662. The van der Waals surface area contributed by atoms with E-state index >= 15 is 0 Å². The van der Waals surface area contributed by atoms with Gasteiger partial charge in [0.2, 0.25) is 11.8 Å². The minimum Gasteiger partial charge on any atom is -0.481 e. The second-order valence-corrected chi connectivity index (χ2v) is 11.4. The van der Waals surface area contributed by atoms with Crippen LogP contribution in [0.2, 0.25) is 0 Å². The number of amides is 1. The first-order valence-electron chi connectivity index (χ1n) is 12.6. The summed E-state index contributed by atoms with van der Waals surface area (Å²) in [4.78, 5) is 25.7. The van der Waals surface area contributed by atoms with Gasteiger partial charge in [0.25, 0.3) is 0 Å². The van der Waals surface area contributed by atoms with Gasteiger partial charge in [0.05, 0.1) is 11.8 Å². The number of fused-ring (bicyclic) bond motifs is 1. The third-order valence-corrected chi connectivity index (χ3v) is 8.75. The molecule has 0 spiro atoms. The molecule has 0 aliphatic carbocycles. The summed E-state index contributed by atoms with van der Waals surface area (Å²) < 4.78 is 14.9. The number of ether oxygens (including phenoxy) is 1. The number of nitrogens with one attached hydrogen (secondary N) is 1. The van der Waals surface area contributed by atoms with Crippen LogP contribution in [-0.4, -0.2) is 37.1 Å². The highest BCUT2D eigenvalue weighted by Crippen LogP contribution is 2.43. The van der Waals surface area contributed by atoms with Crippen LogP contribution in [0.4, 0.5) is 10.6 Å². The molecular formula is C29H23N5O5S2. The normalized spacial score (nSPS) is 12.0. The molecule has 1 amide bonds. The molecule has 0 saturated heterocycles. The van der Waals surface area contributed by atoms with Crippen molar-refractivity contribution in [2.45, 2.75) is 19.4 Å². The van der Waals surface area contributed by atoms with Crippen LogP contribution in [0.5, 0.6) is 0 Å². The van der Waals surface area contributed by atoms with Crippen molar-refractivity contribution < 1.29 is 23.8 Å². The zero-order valence-corrected chi connectivity index (χ0v) is 23.5. The van der Waals surface area contributed by atoms with Crippen molar-refractivity contribution >= 4 is 50.0 Å². The monoisotopic (exact) mass is 585 g/mol. The maximum Gasteiger partial charge on any atom is 0.413 e. The van der Waals surface area contributed by atoms with Crippen molar-refractivity contribution in [1.82, 2.24) is 20.0 Å². The van der Waals surface area contributed by atoms with E-state index in [-0.39, 0.29) is 18.2 Å². The number of rotatable bonds is 8. The first kappa shape index (κ1) is 26.4. The number of hydrogen-bond acceptors (Lipinski definition) is 9. The standard InChI is InChI=1S/C29H23N5O5S2/c1-16(17-6-4-3-5-7-17)38-29(37)31-27-20(15-30-34(27)2)22-13-24-23(41-22)12-21(40-24)18-8-10-19(11-9-18)28-33-32-25(39-28)14-26(35)36/h3-13,15-16H,14H2,1-2H3,(H,31,37)(H,35,36)/t16-/m1/s1. The summed E-state index contributed by atoms with van der Waals surface area (Å²) in [6.07, 6.45) is 0.487. The number of aliphatic carboxylic acids is 1. The van der Waals surface area contributed by atoms with Gasteiger partial charge in [-0.15, -0.1) is 32.9 Å². The van der Waals surface area contributed by atoms with Gasteiger partial charge in [-0.05, 0) is 42.3 Å². The fourth-order valence-corrected chi connectivity index (χ4v) is 6.72. The second kappa shape index (κ2) is 11.0. The molecule has 0 bridgehead atoms. The van der Waals surface area contributed by atoms with Gasteiger partial charge in [-0.25, -0.2) is 4.79 Å².